The zero-order valence-electron chi connectivity index (χ0n) is 11.8. The molecule has 4 N–H and O–H groups in total. The summed E-state index contributed by atoms with van der Waals surface area (Å²) in [6.45, 7) is 0. The van der Waals surface area contributed by atoms with Gasteiger partial charge < -0.3 is 11.1 Å². The number of sulfonamides is 1. The Morgan fingerprint density at radius 1 is 1.14 bits per heavy atom. The van der Waals surface area contributed by atoms with E-state index in [1.807, 2.05) is 30.5 Å². The lowest BCUT2D eigenvalue weighted by atomic mass is 10.2. The van der Waals surface area contributed by atoms with E-state index in [2.05, 4.69) is 10.0 Å². The van der Waals surface area contributed by atoms with Crippen LogP contribution in [0.4, 0.5) is 17.1 Å². The fraction of sp³-hybridized carbons (Fsp3) is 0.143. The molecule has 0 heterocycles. The average Bonchev–Trinajstić information content (AvgIpc) is 2.49. The van der Waals surface area contributed by atoms with E-state index in [4.69, 9.17) is 5.73 Å². The van der Waals surface area contributed by atoms with Gasteiger partial charge in [-0.1, -0.05) is 6.07 Å². The van der Waals surface area contributed by atoms with Crippen molar-refractivity contribution < 1.29 is 8.42 Å². The molecular weight excluding hydrogens is 306 g/mol. The van der Waals surface area contributed by atoms with E-state index in [-0.39, 0.29) is 4.90 Å². The SMILES string of the molecule is CNS(=O)(=O)c1cc(N)ccc1Nc1cccc(SC)c1. The molecule has 21 heavy (non-hydrogen) atoms. The molecule has 2 rings (SSSR count). The van der Waals surface area contributed by atoms with Gasteiger partial charge in [0.1, 0.15) is 4.90 Å². The topological polar surface area (TPSA) is 84.2 Å². The van der Waals surface area contributed by atoms with Gasteiger partial charge in [-0.3, -0.25) is 0 Å². The highest BCUT2D eigenvalue weighted by Crippen LogP contribution is 2.28. The molecule has 0 amide bonds. The van der Waals surface area contributed by atoms with Crippen LogP contribution in [0.2, 0.25) is 0 Å². The molecule has 0 aliphatic rings. The zero-order valence-corrected chi connectivity index (χ0v) is 13.4. The van der Waals surface area contributed by atoms with Gasteiger partial charge in [0.25, 0.3) is 0 Å². The second-order valence-electron chi connectivity index (χ2n) is 4.32. The second kappa shape index (κ2) is 6.38. The maximum absolute atomic E-state index is 12.1. The van der Waals surface area contributed by atoms with E-state index in [1.54, 1.807) is 23.9 Å². The zero-order chi connectivity index (χ0) is 15.5. The largest absolute Gasteiger partial charge is 0.399 e. The maximum Gasteiger partial charge on any atom is 0.242 e. The van der Waals surface area contributed by atoms with Crippen molar-refractivity contribution in [3.8, 4) is 0 Å². The molecule has 0 saturated carbocycles. The van der Waals surface area contributed by atoms with Crippen molar-refractivity contribution in [3.05, 3.63) is 42.5 Å². The van der Waals surface area contributed by atoms with Crippen LogP contribution in [0.1, 0.15) is 0 Å². The Bertz CT molecular complexity index is 746. The molecule has 0 unspecified atom stereocenters. The molecule has 0 radical (unpaired) electrons. The molecule has 112 valence electrons. The average molecular weight is 323 g/mol. The summed E-state index contributed by atoms with van der Waals surface area (Å²) in [6.07, 6.45) is 1.99. The monoisotopic (exact) mass is 323 g/mol. The molecule has 0 spiro atoms. The van der Waals surface area contributed by atoms with Gasteiger partial charge in [-0.15, -0.1) is 11.8 Å². The Hall–Kier alpha value is -1.70. The van der Waals surface area contributed by atoms with Crippen LogP contribution in [0.5, 0.6) is 0 Å². The summed E-state index contributed by atoms with van der Waals surface area (Å²) in [4.78, 5) is 1.22. The number of hydrogen-bond acceptors (Lipinski definition) is 5. The second-order valence-corrected chi connectivity index (χ2v) is 7.05. The minimum absolute atomic E-state index is 0.125. The third-order valence-electron chi connectivity index (χ3n) is 2.91. The molecule has 5 nitrogen and oxygen atoms in total. The van der Waals surface area contributed by atoms with Gasteiger partial charge >= 0.3 is 0 Å². The van der Waals surface area contributed by atoms with Crippen molar-refractivity contribution in [2.75, 3.05) is 24.4 Å². The van der Waals surface area contributed by atoms with Crippen molar-refractivity contribution >= 4 is 38.8 Å². The Labute approximate surface area is 129 Å². The number of thioether (sulfide) groups is 1. The Kier molecular flexibility index (Phi) is 4.76. The molecule has 0 atom stereocenters. The first kappa shape index (κ1) is 15.7. The highest BCUT2D eigenvalue weighted by atomic mass is 32.2. The lowest BCUT2D eigenvalue weighted by Gasteiger charge is -2.13. The normalized spacial score (nSPS) is 11.3. The third-order valence-corrected chi connectivity index (χ3v) is 5.09. The number of nitrogens with two attached hydrogens (primary N) is 1. The van der Waals surface area contributed by atoms with Crippen LogP contribution >= 0.6 is 11.8 Å². The number of benzene rings is 2. The number of anilines is 3. The van der Waals surface area contributed by atoms with E-state index in [9.17, 15) is 8.42 Å². The molecule has 0 fully saturated rings. The van der Waals surface area contributed by atoms with E-state index in [0.29, 0.717) is 11.4 Å². The van der Waals surface area contributed by atoms with Crippen LogP contribution < -0.4 is 15.8 Å². The van der Waals surface area contributed by atoms with Crippen molar-refractivity contribution in [2.45, 2.75) is 9.79 Å². The summed E-state index contributed by atoms with van der Waals surface area (Å²) >= 11 is 1.62. The van der Waals surface area contributed by atoms with Crippen molar-refractivity contribution in [1.29, 1.82) is 0 Å². The summed E-state index contributed by atoms with van der Waals surface area (Å²) in [7, 11) is -2.21. The molecule has 0 saturated heterocycles. The van der Waals surface area contributed by atoms with Crippen LogP contribution in [0.15, 0.2) is 52.3 Å². The lowest BCUT2D eigenvalue weighted by molar-refractivity contribution is 0.588. The number of hydrogen-bond donors (Lipinski definition) is 3. The van der Waals surface area contributed by atoms with Crippen molar-refractivity contribution in [1.82, 2.24) is 4.72 Å². The van der Waals surface area contributed by atoms with E-state index < -0.39 is 10.0 Å². The molecule has 2 aromatic carbocycles. The van der Waals surface area contributed by atoms with Gasteiger partial charge in [0, 0.05) is 16.3 Å². The first-order valence-corrected chi connectivity index (χ1v) is 8.91. The summed E-state index contributed by atoms with van der Waals surface area (Å²) < 4.78 is 26.5. The number of nitrogens with one attached hydrogen (secondary N) is 2. The summed E-state index contributed by atoms with van der Waals surface area (Å²) in [5, 5.41) is 3.13. The van der Waals surface area contributed by atoms with E-state index >= 15 is 0 Å². The van der Waals surface area contributed by atoms with Crippen LogP contribution in [-0.2, 0) is 10.0 Å². The molecule has 0 aliphatic heterocycles. The van der Waals surface area contributed by atoms with Crippen molar-refractivity contribution in [2.24, 2.45) is 0 Å². The molecule has 0 aliphatic carbocycles. The van der Waals surface area contributed by atoms with Crippen molar-refractivity contribution in [3.63, 3.8) is 0 Å². The summed E-state index contributed by atoms with van der Waals surface area (Å²) in [5.74, 6) is 0. The highest BCUT2D eigenvalue weighted by Gasteiger charge is 2.17. The van der Waals surface area contributed by atoms with Gasteiger partial charge in [-0.25, -0.2) is 13.1 Å². The number of rotatable bonds is 5. The van der Waals surface area contributed by atoms with E-state index in [0.717, 1.165) is 10.6 Å². The molecule has 0 aromatic heterocycles. The van der Waals surface area contributed by atoms with Gasteiger partial charge in [0.15, 0.2) is 0 Å². The first-order chi connectivity index (χ1) is 9.96. The lowest BCUT2D eigenvalue weighted by Crippen LogP contribution is -2.20. The first-order valence-electron chi connectivity index (χ1n) is 6.20. The molecule has 2 aromatic rings. The van der Waals surface area contributed by atoms with Gasteiger partial charge in [-0.05, 0) is 49.7 Å². The molecular formula is C14H17N3O2S2. The van der Waals surface area contributed by atoms with Crippen LogP contribution in [0.3, 0.4) is 0 Å². The maximum atomic E-state index is 12.1. The standard InChI is InChI=1S/C14H17N3O2S2/c1-16-21(18,19)14-8-10(15)6-7-13(14)17-11-4-3-5-12(9-11)20-2/h3-9,16-17H,15H2,1-2H3. The molecule has 7 heteroatoms. The number of nitrogen functional groups attached to an aromatic ring is 1. The smallest absolute Gasteiger partial charge is 0.242 e. The van der Waals surface area contributed by atoms with E-state index in [1.165, 1.54) is 13.1 Å². The van der Waals surface area contributed by atoms with Gasteiger partial charge in [0.05, 0.1) is 5.69 Å². The van der Waals surface area contributed by atoms with Gasteiger partial charge in [-0.2, -0.15) is 0 Å². The Balaban J connectivity index is 2.44. The summed E-state index contributed by atoms with van der Waals surface area (Å²) in [5.41, 5.74) is 7.39. The Morgan fingerprint density at radius 2 is 1.90 bits per heavy atom. The van der Waals surface area contributed by atoms with Gasteiger partial charge in [0.2, 0.25) is 10.0 Å². The fourth-order valence-electron chi connectivity index (χ4n) is 1.83. The fourth-order valence-corrected chi connectivity index (χ4v) is 3.21. The minimum Gasteiger partial charge on any atom is -0.399 e. The highest BCUT2D eigenvalue weighted by molar-refractivity contribution is 7.98. The minimum atomic E-state index is -3.58. The van der Waals surface area contributed by atoms with Crippen LogP contribution in [0, 0.1) is 0 Å². The summed E-state index contributed by atoms with van der Waals surface area (Å²) in [6, 6.07) is 12.5. The third kappa shape index (κ3) is 3.69. The molecule has 0 bridgehead atoms. The quantitative estimate of drug-likeness (QED) is 0.582. The van der Waals surface area contributed by atoms with Crippen LogP contribution in [-0.4, -0.2) is 21.7 Å². The predicted octanol–water partition coefficient (Wildman–Crippen LogP) is 2.64. The Morgan fingerprint density at radius 3 is 2.57 bits per heavy atom. The van der Waals surface area contributed by atoms with Crippen LogP contribution in [0.25, 0.3) is 0 Å². The predicted molar refractivity (Wildman–Crippen MR) is 88.6 cm³/mol.